The number of halogens is 2. The Bertz CT molecular complexity index is 385. The molecule has 1 aromatic carbocycles. The molecule has 94 valence electrons. The van der Waals surface area contributed by atoms with Crippen LogP contribution in [0.5, 0.6) is 0 Å². The van der Waals surface area contributed by atoms with Gasteiger partial charge in [-0.2, -0.15) is 11.8 Å². The molecule has 0 bridgehead atoms. The van der Waals surface area contributed by atoms with Crippen molar-refractivity contribution in [3.63, 3.8) is 0 Å². The fourth-order valence-electron chi connectivity index (χ4n) is 1.83. The summed E-state index contributed by atoms with van der Waals surface area (Å²) in [6, 6.07) is 4.67. The Labute approximate surface area is 113 Å². The Balaban J connectivity index is 1.99. The minimum atomic E-state index is -0.237. The third-order valence-corrected chi connectivity index (χ3v) is 4.55. The quantitative estimate of drug-likeness (QED) is 0.930. The summed E-state index contributed by atoms with van der Waals surface area (Å²) < 4.78 is 19.4. The fraction of sp³-hybridized carbons (Fsp3) is 0.500. The van der Waals surface area contributed by atoms with Crippen LogP contribution >= 0.6 is 27.7 Å². The van der Waals surface area contributed by atoms with Crippen molar-refractivity contribution >= 4 is 27.7 Å². The molecule has 1 heterocycles. The molecular weight excluding hydrogens is 305 g/mol. The summed E-state index contributed by atoms with van der Waals surface area (Å²) in [5.74, 6) is 1.75. The lowest BCUT2D eigenvalue weighted by molar-refractivity contribution is 0.0571. The molecule has 0 spiro atoms. The van der Waals surface area contributed by atoms with Crippen LogP contribution in [0.3, 0.4) is 0 Å². The van der Waals surface area contributed by atoms with Gasteiger partial charge in [0.1, 0.15) is 5.82 Å². The van der Waals surface area contributed by atoms with Gasteiger partial charge in [-0.15, -0.1) is 0 Å². The fourth-order valence-corrected chi connectivity index (χ4v) is 3.30. The zero-order valence-electron chi connectivity index (χ0n) is 9.36. The largest absolute Gasteiger partial charge is 0.375 e. The standard InChI is InChI=1S/C12H15BrFNOS/c13-10-6-9(14)2-1-8(10)5-11(15)12-7-17-4-3-16-12/h1-2,6,11-12H,3-5,7,15H2. The molecule has 2 atom stereocenters. The van der Waals surface area contributed by atoms with Gasteiger partial charge >= 0.3 is 0 Å². The molecule has 2 unspecified atom stereocenters. The molecule has 1 saturated heterocycles. The van der Waals surface area contributed by atoms with Crippen LogP contribution in [0.1, 0.15) is 5.56 Å². The summed E-state index contributed by atoms with van der Waals surface area (Å²) in [6.45, 7) is 0.771. The van der Waals surface area contributed by atoms with E-state index >= 15 is 0 Å². The summed E-state index contributed by atoms with van der Waals surface area (Å²) in [5.41, 5.74) is 7.16. The van der Waals surface area contributed by atoms with Gasteiger partial charge in [0, 0.05) is 22.0 Å². The monoisotopic (exact) mass is 319 g/mol. The maximum atomic E-state index is 13.0. The first kappa shape index (κ1) is 13.3. The zero-order valence-corrected chi connectivity index (χ0v) is 11.8. The Morgan fingerprint density at radius 1 is 1.59 bits per heavy atom. The van der Waals surface area contributed by atoms with E-state index < -0.39 is 0 Å². The first-order valence-electron chi connectivity index (χ1n) is 5.55. The van der Waals surface area contributed by atoms with Crippen LogP contribution < -0.4 is 5.73 Å². The van der Waals surface area contributed by atoms with Gasteiger partial charge < -0.3 is 10.5 Å². The smallest absolute Gasteiger partial charge is 0.124 e. The van der Waals surface area contributed by atoms with Crippen molar-refractivity contribution < 1.29 is 9.13 Å². The van der Waals surface area contributed by atoms with E-state index in [0.717, 1.165) is 28.1 Å². The topological polar surface area (TPSA) is 35.2 Å². The highest BCUT2D eigenvalue weighted by molar-refractivity contribution is 9.10. The minimum absolute atomic E-state index is 0.0374. The SMILES string of the molecule is NC(Cc1ccc(F)cc1Br)C1CSCCO1. The predicted octanol–water partition coefficient (Wildman–Crippen LogP) is 2.59. The Morgan fingerprint density at radius 3 is 3.06 bits per heavy atom. The normalized spacial score (nSPS) is 22.4. The van der Waals surface area contributed by atoms with E-state index in [1.54, 1.807) is 6.07 Å². The molecule has 0 saturated carbocycles. The summed E-state index contributed by atoms with van der Waals surface area (Å²) in [4.78, 5) is 0. The van der Waals surface area contributed by atoms with Gasteiger partial charge in [-0.05, 0) is 24.1 Å². The second-order valence-corrected chi connectivity index (χ2v) is 6.09. The summed E-state index contributed by atoms with van der Waals surface area (Å²) in [5, 5.41) is 0. The second-order valence-electron chi connectivity index (χ2n) is 4.09. The maximum absolute atomic E-state index is 13.0. The lowest BCUT2D eigenvalue weighted by Crippen LogP contribution is -2.42. The van der Waals surface area contributed by atoms with E-state index in [4.69, 9.17) is 10.5 Å². The van der Waals surface area contributed by atoms with Crippen LogP contribution in [-0.4, -0.2) is 30.3 Å². The number of ether oxygens (including phenoxy) is 1. The lowest BCUT2D eigenvalue weighted by atomic mass is 10.0. The van der Waals surface area contributed by atoms with E-state index in [2.05, 4.69) is 15.9 Å². The molecule has 17 heavy (non-hydrogen) atoms. The molecule has 0 amide bonds. The van der Waals surface area contributed by atoms with Crippen LogP contribution in [0.25, 0.3) is 0 Å². The van der Waals surface area contributed by atoms with Gasteiger partial charge in [0.05, 0.1) is 12.7 Å². The predicted molar refractivity (Wildman–Crippen MR) is 72.8 cm³/mol. The molecule has 1 aliphatic heterocycles. The summed E-state index contributed by atoms with van der Waals surface area (Å²) in [6.07, 6.45) is 0.803. The number of thioether (sulfide) groups is 1. The number of hydrogen-bond acceptors (Lipinski definition) is 3. The van der Waals surface area contributed by atoms with Gasteiger partial charge in [0.25, 0.3) is 0 Å². The molecular formula is C12H15BrFNOS. The van der Waals surface area contributed by atoms with E-state index in [0.29, 0.717) is 6.42 Å². The van der Waals surface area contributed by atoms with Gasteiger partial charge in [-0.25, -0.2) is 4.39 Å². The molecule has 1 aliphatic rings. The Kier molecular flexibility index (Phi) is 4.85. The van der Waals surface area contributed by atoms with Gasteiger partial charge in [0.15, 0.2) is 0 Å². The van der Waals surface area contributed by atoms with Gasteiger partial charge in [0.2, 0.25) is 0 Å². The van der Waals surface area contributed by atoms with Crippen molar-refractivity contribution in [2.75, 3.05) is 18.1 Å². The molecule has 2 rings (SSSR count). The molecule has 0 aliphatic carbocycles. The first-order chi connectivity index (χ1) is 8.16. The summed E-state index contributed by atoms with van der Waals surface area (Å²) in [7, 11) is 0. The Morgan fingerprint density at radius 2 is 2.41 bits per heavy atom. The van der Waals surface area contributed by atoms with Crippen molar-refractivity contribution in [3.05, 3.63) is 34.1 Å². The zero-order chi connectivity index (χ0) is 12.3. The molecule has 2 nitrogen and oxygen atoms in total. The van der Waals surface area contributed by atoms with Crippen LogP contribution in [0.2, 0.25) is 0 Å². The third-order valence-electron chi connectivity index (χ3n) is 2.79. The minimum Gasteiger partial charge on any atom is -0.375 e. The molecule has 0 radical (unpaired) electrons. The van der Waals surface area contributed by atoms with E-state index in [1.165, 1.54) is 12.1 Å². The molecule has 1 aromatic rings. The van der Waals surface area contributed by atoms with Gasteiger partial charge in [-0.3, -0.25) is 0 Å². The van der Waals surface area contributed by atoms with Crippen LogP contribution in [0.4, 0.5) is 4.39 Å². The first-order valence-corrected chi connectivity index (χ1v) is 7.50. The van der Waals surface area contributed by atoms with Crippen LogP contribution in [0.15, 0.2) is 22.7 Å². The summed E-state index contributed by atoms with van der Waals surface area (Å²) >= 11 is 5.23. The highest BCUT2D eigenvalue weighted by Crippen LogP contribution is 2.22. The number of hydrogen-bond donors (Lipinski definition) is 1. The van der Waals surface area contributed by atoms with Crippen molar-refractivity contribution in [2.24, 2.45) is 5.73 Å². The Hall–Kier alpha value is -0.100. The van der Waals surface area contributed by atoms with E-state index in [-0.39, 0.29) is 18.0 Å². The van der Waals surface area contributed by atoms with Crippen LogP contribution in [-0.2, 0) is 11.2 Å². The maximum Gasteiger partial charge on any atom is 0.124 e. The van der Waals surface area contributed by atoms with Crippen molar-refractivity contribution in [2.45, 2.75) is 18.6 Å². The average Bonchev–Trinajstić information content (AvgIpc) is 2.34. The van der Waals surface area contributed by atoms with E-state index in [9.17, 15) is 4.39 Å². The van der Waals surface area contributed by atoms with Gasteiger partial charge in [-0.1, -0.05) is 22.0 Å². The average molecular weight is 320 g/mol. The van der Waals surface area contributed by atoms with Crippen LogP contribution in [0, 0.1) is 5.82 Å². The number of nitrogens with two attached hydrogens (primary N) is 1. The highest BCUT2D eigenvalue weighted by atomic mass is 79.9. The number of benzene rings is 1. The van der Waals surface area contributed by atoms with Crippen molar-refractivity contribution in [3.8, 4) is 0 Å². The molecule has 5 heteroatoms. The lowest BCUT2D eigenvalue weighted by Gasteiger charge is -2.27. The van der Waals surface area contributed by atoms with Crippen molar-refractivity contribution in [1.29, 1.82) is 0 Å². The van der Waals surface area contributed by atoms with Crippen molar-refractivity contribution in [1.82, 2.24) is 0 Å². The third kappa shape index (κ3) is 3.68. The van der Waals surface area contributed by atoms with E-state index in [1.807, 2.05) is 11.8 Å². The second kappa shape index (κ2) is 6.18. The highest BCUT2D eigenvalue weighted by Gasteiger charge is 2.22. The molecule has 0 aromatic heterocycles. The number of rotatable bonds is 3. The molecule has 2 N–H and O–H groups in total. The molecule has 1 fully saturated rings.